The molecule has 1 aliphatic rings. The van der Waals surface area contributed by atoms with Crippen molar-refractivity contribution in [3.05, 3.63) is 18.0 Å². The predicted octanol–water partition coefficient (Wildman–Crippen LogP) is -0.449. The minimum Gasteiger partial charge on any atom is -0.481 e. The molecule has 1 aromatic heterocycles. The Labute approximate surface area is 117 Å². The van der Waals surface area contributed by atoms with E-state index in [1.54, 1.807) is 24.1 Å². The molecule has 1 aromatic rings. The molecule has 0 amide bonds. The lowest BCUT2D eigenvalue weighted by Gasteiger charge is -2.29. The van der Waals surface area contributed by atoms with Crippen LogP contribution in [0.4, 0.5) is 0 Å². The van der Waals surface area contributed by atoms with Gasteiger partial charge in [-0.2, -0.15) is 22.5 Å². The van der Waals surface area contributed by atoms with Crippen LogP contribution in [0.15, 0.2) is 12.4 Å². The molecule has 2 heterocycles. The van der Waals surface area contributed by atoms with Crippen molar-refractivity contribution in [2.75, 3.05) is 13.1 Å². The lowest BCUT2D eigenvalue weighted by molar-refractivity contribution is -0.142. The summed E-state index contributed by atoms with van der Waals surface area (Å²) in [6.45, 7) is 0.522. The van der Waals surface area contributed by atoms with E-state index in [9.17, 15) is 13.2 Å². The lowest BCUT2D eigenvalue weighted by Crippen LogP contribution is -2.47. The maximum Gasteiger partial charge on any atom is 0.307 e. The van der Waals surface area contributed by atoms with Crippen LogP contribution in [-0.4, -0.2) is 46.7 Å². The van der Waals surface area contributed by atoms with Crippen LogP contribution in [0.1, 0.15) is 18.4 Å². The molecule has 1 atom stereocenters. The van der Waals surface area contributed by atoms with Crippen molar-refractivity contribution in [1.29, 1.82) is 0 Å². The summed E-state index contributed by atoms with van der Waals surface area (Å²) in [4.78, 5) is 11.0. The molecule has 0 bridgehead atoms. The van der Waals surface area contributed by atoms with Gasteiger partial charge in [0.25, 0.3) is 10.2 Å². The number of hydrogen-bond donors (Lipinski definition) is 2. The number of aromatic nitrogens is 2. The highest BCUT2D eigenvalue weighted by Crippen LogP contribution is 2.18. The van der Waals surface area contributed by atoms with Gasteiger partial charge >= 0.3 is 5.97 Å². The van der Waals surface area contributed by atoms with Crippen molar-refractivity contribution < 1.29 is 18.3 Å². The van der Waals surface area contributed by atoms with Crippen molar-refractivity contribution in [2.24, 2.45) is 13.0 Å². The highest BCUT2D eigenvalue weighted by molar-refractivity contribution is 7.87. The average Bonchev–Trinajstić information content (AvgIpc) is 2.82. The molecule has 9 heteroatoms. The maximum atomic E-state index is 12.1. The Kier molecular flexibility index (Phi) is 4.41. The summed E-state index contributed by atoms with van der Waals surface area (Å²) in [5.74, 6) is -1.57. The fraction of sp³-hybridized carbons (Fsp3) is 0.636. The minimum atomic E-state index is -3.66. The van der Waals surface area contributed by atoms with Crippen molar-refractivity contribution in [3.8, 4) is 0 Å². The first-order valence-corrected chi connectivity index (χ1v) is 7.77. The topological polar surface area (TPSA) is 105 Å². The van der Waals surface area contributed by atoms with E-state index in [1.807, 2.05) is 0 Å². The highest BCUT2D eigenvalue weighted by atomic mass is 32.2. The van der Waals surface area contributed by atoms with Gasteiger partial charge in [-0.05, 0) is 12.8 Å². The Morgan fingerprint density at radius 1 is 1.60 bits per heavy atom. The quantitative estimate of drug-likeness (QED) is 0.766. The number of piperidine rings is 1. The van der Waals surface area contributed by atoms with Crippen molar-refractivity contribution >= 4 is 16.2 Å². The Morgan fingerprint density at radius 2 is 2.35 bits per heavy atom. The lowest BCUT2D eigenvalue weighted by atomic mass is 10.0. The van der Waals surface area contributed by atoms with Gasteiger partial charge in [0.1, 0.15) is 0 Å². The number of aryl methyl sites for hydroxylation is 1. The van der Waals surface area contributed by atoms with Crippen LogP contribution in [-0.2, 0) is 28.6 Å². The summed E-state index contributed by atoms with van der Waals surface area (Å²) in [5, 5.41) is 12.9. The van der Waals surface area contributed by atoms with E-state index < -0.39 is 22.1 Å². The molecule has 112 valence electrons. The number of carboxylic acids is 1. The molecule has 0 spiro atoms. The van der Waals surface area contributed by atoms with Gasteiger partial charge in [-0.3, -0.25) is 9.48 Å². The van der Waals surface area contributed by atoms with Crippen LogP contribution >= 0.6 is 0 Å². The number of rotatable bonds is 5. The molecule has 0 aliphatic carbocycles. The summed E-state index contributed by atoms with van der Waals surface area (Å²) in [6, 6.07) is 0. The van der Waals surface area contributed by atoms with Gasteiger partial charge in [0, 0.05) is 38.4 Å². The summed E-state index contributed by atoms with van der Waals surface area (Å²) in [5.41, 5.74) is 0.753. The van der Waals surface area contributed by atoms with Gasteiger partial charge in [-0.1, -0.05) is 0 Å². The molecule has 2 rings (SSSR count). The largest absolute Gasteiger partial charge is 0.481 e. The summed E-state index contributed by atoms with van der Waals surface area (Å²) in [6.07, 6.45) is 4.38. The Bertz CT molecular complexity index is 583. The molecule has 8 nitrogen and oxygen atoms in total. The monoisotopic (exact) mass is 302 g/mol. The van der Waals surface area contributed by atoms with Gasteiger partial charge < -0.3 is 5.11 Å². The molecule has 0 saturated carbocycles. The van der Waals surface area contributed by atoms with Crippen LogP contribution < -0.4 is 4.72 Å². The first-order valence-electron chi connectivity index (χ1n) is 6.33. The molecule has 2 N–H and O–H groups in total. The van der Waals surface area contributed by atoms with Crippen molar-refractivity contribution in [1.82, 2.24) is 18.8 Å². The van der Waals surface area contributed by atoms with Crippen molar-refractivity contribution in [2.45, 2.75) is 19.4 Å². The van der Waals surface area contributed by atoms with Gasteiger partial charge in [0.2, 0.25) is 0 Å². The summed E-state index contributed by atoms with van der Waals surface area (Å²) >= 11 is 0. The van der Waals surface area contributed by atoms with E-state index in [-0.39, 0.29) is 13.1 Å². The molecule has 20 heavy (non-hydrogen) atoms. The average molecular weight is 302 g/mol. The molecule has 1 saturated heterocycles. The molecular formula is C11H18N4O4S. The molecule has 1 aliphatic heterocycles. The Morgan fingerprint density at radius 3 is 2.95 bits per heavy atom. The first kappa shape index (κ1) is 14.9. The van der Waals surface area contributed by atoms with Crippen LogP contribution in [0, 0.1) is 5.92 Å². The standard InChI is InChI=1S/C11H18N4O4S/c1-14-7-9(5-12-14)6-13-20(18,19)15-4-2-3-10(8-15)11(16)17/h5,7,10,13H,2-4,6,8H2,1H3,(H,16,17). The third-order valence-corrected chi connectivity index (χ3v) is 4.81. The number of nitrogens with zero attached hydrogens (tertiary/aromatic N) is 3. The fourth-order valence-electron chi connectivity index (χ4n) is 2.19. The predicted molar refractivity (Wildman–Crippen MR) is 70.9 cm³/mol. The zero-order chi connectivity index (χ0) is 14.8. The molecule has 1 unspecified atom stereocenters. The smallest absolute Gasteiger partial charge is 0.307 e. The number of carbonyl (C=O) groups is 1. The maximum absolute atomic E-state index is 12.1. The second-order valence-electron chi connectivity index (χ2n) is 4.88. The summed E-state index contributed by atoms with van der Waals surface area (Å²) in [7, 11) is -1.91. The third kappa shape index (κ3) is 3.56. The molecule has 0 radical (unpaired) electrons. The second kappa shape index (κ2) is 5.90. The highest BCUT2D eigenvalue weighted by Gasteiger charge is 2.31. The van der Waals surface area contributed by atoms with Gasteiger partial charge in [0.15, 0.2) is 0 Å². The normalized spacial score (nSPS) is 20.9. The zero-order valence-electron chi connectivity index (χ0n) is 11.2. The second-order valence-corrected chi connectivity index (χ2v) is 6.64. The van der Waals surface area contributed by atoms with E-state index in [4.69, 9.17) is 5.11 Å². The van der Waals surface area contributed by atoms with Gasteiger partial charge in [0.05, 0.1) is 12.1 Å². The zero-order valence-corrected chi connectivity index (χ0v) is 12.0. The Hall–Kier alpha value is -1.45. The van der Waals surface area contributed by atoms with Gasteiger partial charge in [-0.15, -0.1) is 0 Å². The Balaban J connectivity index is 1.97. The minimum absolute atomic E-state index is 0.0255. The van der Waals surface area contributed by atoms with Crippen LogP contribution in [0.2, 0.25) is 0 Å². The fourth-order valence-corrected chi connectivity index (χ4v) is 3.47. The van der Waals surface area contributed by atoms with Crippen LogP contribution in [0.25, 0.3) is 0 Å². The van der Waals surface area contributed by atoms with Crippen LogP contribution in [0.3, 0.4) is 0 Å². The van der Waals surface area contributed by atoms with Crippen LogP contribution in [0.5, 0.6) is 0 Å². The van der Waals surface area contributed by atoms with E-state index in [1.165, 1.54) is 4.31 Å². The molecule has 1 fully saturated rings. The molecule has 0 aromatic carbocycles. The summed E-state index contributed by atoms with van der Waals surface area (Å²) < 4.78 is 29.5. The number of nitrogens with one attached hydrogen (secondary N) is 1. The number of hydrogen-bond acceptors (Lipinski definition) is 4. The van der Waals surface area contributed by atoms with E-state index >= 15 is 0 Å². The first-order chi connectivity index (χ1) is 9.38. The number of aliphatic carboxylic acids is 1. The van der Waals surface area contributed by atoms with E-state index in [0.29, 0.717) is 19.4 Å². The van der Waals surface area contributed by atoms with Crippen molar-refractivity contribution in [3.63, 3.8) is 0 Å². The number of carboxylic acid groups (broad SMARTS) is 1. The third-order valence-electron chi connectivity index (χ3n) is 3.29. The van der Waals surface area contributed by atoms with Gasteiger partial charge in [-0.25, -0.2) is 0 Å². The van der Waals surface area contributed by atoms with E-state index in [0.717, 1.165) is 5.56 Å². The SMILES string of the molecule is Cn1cc(CNS(=O)(=O)N2CCCC(C(=O)O)C2)cn1. The molecular weight excluding hydrogens is 284 g/mol. The van der Waals surface area contributed by atoms with E-state index in [2.05, 4.69) is 9.82 Å².